The van der Waals surface area contributed by atoms with E-state index in [0.717, 1.165) is 53.3 Å². The van der Waals surface area contributed by atoms with Gasteiger partial charge in [-0.15, -0.1) is 0 Å². The fourth-order valence-corrected chi connectivity index (χ4v) is 7.90. The van der Waals surface area contributed by atoms with Gasteiger partial charge in [0.15, 0.2) is 0 Å². The molecule has 0 heteroatoms. The fraction of sp³-hybridized carbons (Fsp3) is 1.00. The SMILES string of the molecule is CCC1CC2CCC3C[C@H]4CCCC[C@H]4C(C)C3C2C1C. The molecule has 120 valence electrons. The Morgan fingerprint density at radius 1 is 0.714 bits per heavy atom. The topological polar surface area (TPSA) is 0 Å². The zero-order valence-electron chi connectivity index (χ0n) is 14.6. The summed E-state index contributed by atoms with van der Waals surface area (Å²) < 4.78 is 0. The summed E-state index contributed by atoms with van der Waals surface area (Å²) in [5, 5.41) is 0. The molecule has 0 aromatic carbocycles. The van der Waals surface area contributed by atoms with Crippen LogP contribution >= 0.6 is 0 Å². The summed E-state index contributed by atoms with van der Waals surface area (Å²) >= 11 is 0. The first-order chi connectivity index (χ1) is 10.2. The molecule has 0 N–H and O–H groups in total. The molecule has 0 aromatic rings. The van der Waals surface area contributed by atoms with Crippen LogP contribution in [0, 0.1) is 53.3 Å². The van der Waals surface area contributed by atoms with Crippen LogP contribution in [-0.2, 0) is 0 Å². The van der Waals surface area contributed by atoms with Gasteiger partial charge in [0.05, 0.1) is 0 Å². The third kappa shape index (κ3) is 2.22. The van der Waals surface area contributed by atoms with Gasteiger partial charge in [-0.05, 0) is 85.4 Å². The minimum Gasteiger partial charge on any atom is -0.0651 e. The van der Waals surface area contributed by atoms with Crippen LogP contribution in [0.1, 0.15) is 78.6 Å². The molecule has 4 rings (SSSR count). The van der Waals surface area contributed by atoms with E-state index in [2.05, 4.69) is 20.8 Å². The van der Waals surface area contributed by atoms with Crippen molar-refractivity contribution in [1.82, 2.24) is 0 Å². The molecule has 0 bridgehead atoms. The summed E-state index contributed by atoms with van der Waals surface area (Å²) in [4.78, 5) is 0. The fourth-order valence-electron chi connectivity index (χ4n) is 7.90. The summed E-state index contributed by atoms with van der Waals surface area (Å²) in [6.45, 7) is 7.74. The Labute approximate surface area is 132 Å². The van der Waals surface area contributed by atoms with Crippen LogP contribution in [0.25, 0.3) is 0 Å². The Balaban J connectivity index is 1.59. The molecule has 0 aliphatic heterocycles. The summed E-state index contributed by atoms with van der Waals surface area (Å²) in [7, 11) is 0. The molecule has 9 atom stereocenters. The van der Waals surface area contributed by atoms with Crippen LogP contribution in [0.4, 0.5) is 0 Å². The van der Waals surface area contributed by atoms with Gasteiger partial charge < -0.3 is 0 Å². The van der Waals surface area contributed by atoms with Gasteiger partial charge in [-0.2, -0.15) is 0 Å². The predicted molar refractivity (Wildman–Crippen MR) is 90.0 cm³/mol. The molecule has 0 nitrogen and oxygen atoms in total. The maximum Gasteiger partial charge on any atom is -0.0323 e. The highest BCUT2D eigenvalue weighted by atomic mass is 14.6. The minimum absolute atomic E-state index is 1.02. The quantitative estimate of drug-likeness (QED) is 0.542. The monoisotopic (exact) mass is 288 g/mol. The molecule has 7 unspecified atom stereocenters. The van der Waals surface area contributed by atoms with E-state index in [1.807, 2.05) is 0 Å². The average Bonchev–Trinajstić information content (AvgIpc) is 2.84. The van der Waals surface area contributed by atoms with E-state index >= 15 is 0 Å². The summed E-state index contributed by atoms with van der Waals surface area (Å²) in [6, 6.07) is 0. The van der Waals surface area contributed by atoms with Gasteiger partial charge in [0, 0.05) is 0 Å². The van der Waals surface area contributed by atoms with Gasteiger partial charge in [0.1, 0.15) is 0 Å². The van der Waals surface area contributed by atoms with Crippen molar-refractivity contribution in [3.63, 3.8) is 0 Å². The molecule has 0 spiro atoms. The molecule has 4 aliphatic rings. The van der Waals surface area contributed by atoms with Gasteiger partial charge in [0.2, 0.25) is 0 Å². The van der Waals surface area contributed by atoms with E-state index in [4.69, 9.17) is 0 Å². The third-order valence-corrected chi connectivity index (χ3v) is 8.78. The number of fused-ring (bicyclic) bond motifs is 4. The van der Waals surface area contributed by atoms with Gasteiger partial charge >= 0.3 is 0 Å². The normalized spacial score (nSPS) is 56.4. The maximum absolute atomic E-state index is 2.67. The minimum atomic E-state index is 1.02. The van der Waals surface area contributed by atoms with E-state index in [-0.39, 0.29) is 0 Å². The molecule has 0 heterocycles. The van der Waals surface area contributed by atoms with Crippen LogP contribution < -0.4 is 0 Å². The Morgan fingerprint density at radius 3 is 2.14 bits per heavy atom. The van der Waals surface area contributed by atoms with Gasteiger partial charge in [-0.3, -0.25) is 0 Å². The maximum atomic E-state index is 2.67. The molecular formula is C21H36. The molecular weight excluding hydrogens is 252 g/mol. The lowest BCUT2D eigenvalue weighted by Crippen LogP contribution is -2.47. The van der Waals surface area contributed by atoms with Crippen molar-refractivity contribution in [3.05, 3.63) is 0 Å². The first-order valence-corrected chi connectivity index (χ1v) is 10.2. The lowest BCUT2D eigenvalue weighted by molar-refractivity contribution is -0.0570. The summed E-state index contributed by atoms with van der Waals surface area (Å²) in [5.74, 6) is 9.76. The second-order valence-electron chi connectivity index (χ2n) is 9.32. The van der Waals surface area contributed by atoms with Crippen molar-refractivity contribution in [2.75, 3.05) is 0 Å². The van der Waals surface area contributed by atoms with Crippen molar-refractivity contribution in [2.45, 2.75) is 78.6 Å². The Hall–Kier alpha value is 0. The van der Waals surface area contributed by atoms with E-state index in [1.165, 1.54) is 19.3 Å². The van der Waals surface area contributed by atoms with Crippen LogP contribution in [0.3, 0.4) is 0 Å². The number of rotatable bonds is 1. The highest BCUT2D eigenvalue weighted by molar-refractivity contribution is 5.03. The zero-order chi connectivity index (χ0) is 14.6. The lowest BCUT2D eigenvalue weighted by Gasteiger charge is -2.55. The molecule has 0 aromatic heterocycles. The van der Waals surface area contributed by atoms with Crippen LogP contribution in [-0.4, -0.2) is 0 Å². The van der Waals surface area contributed by atoms with Crippen molar-refractivity contribution < 1.29 is 0 Å². The lowest BCUT2D eigenvalue weighted by atomic mass is 9.50. The van der Waals surface area contributed by atoms with Gasteiger partial charge in [-0.25, -0.2) is 0 Å². The van der Waals surface area contributed by atoms with E-state index < -0.39 is 0 Å². The average molecular weight is 289 g/mol. The van der Waals surface area contributed by atoms with Crippen LogP contribution in [0.15, 0.2) is 0 Å². The zero-order valence-corrected chi connectivity index (χ0v) is 14.6. The first-order valence-electron chi connectivity index (χ1n) is 10.2. The standard InChI is InChI=1S/C21H36/c1-4-15-11-17-9-10-18-12-16-7-5-6-8-19(16)14(3)21(18)20(17)13(15)2/h13-21H,4-12H2,1-3H3/t13?,14?,15?,16-,17?,18?,19+,20?,21?/m1/s1. The summed E-state index contributed by atoms with van der Waals surface area (Å²) in [6.07, 6.45) is 14.0. The molecule has 4 aliphatic carbocycles. The van der Waals surface area contributed by atoms with Gasteiger partial charge in [0.25, 0.3) is 0 Å². The van der Waals surface area contributed by atoms with E-state index in [0.29, 0.717) is 0 Å². The first kappa shape index (κ1) is 14.6. The van der Waals surface area contributed by atoms with Crippen molar-refractivity contribution >= 4 is 0 Å². The second-order valence-corrected chi connectivity index (χ2v) is 9.32. The van der Waals surface area contributed by atoms with E-state index in [9.17, 15) is 0 Å². The number of hydrogen-bond donors (Lipinski definition) is 0. The molecule has 0 saturated heterocycles. The Kier molecular flexibility index (Phi) is 3.87. The summed E-state index contributed by atoms with van der Waals surface area (Å²) in [5.41, 5.74) is 0. The Morgan fingerprint density at radius 2 is 1.38 bits per heavy atom. The molecule has 4 saturated carbocycles. The van der Waals surface area contributed by atoms with E-state index in [1.54, 1.807) is 38.5 Å². The van der Waals surface area contributed by atoms with Crippen LogP contribution in [0.5, 0.6) is 0 Å². The highest BCUT2D eigenvalue weighted by Gasteiger charge is 2.54. The smallest absolute Gasteiger partial charge is 0.0323 e. The van der Waals surface area contributed by atoms with Crippen molar-refractivity contribution in [3.8, 4) is 0 Å². The Bertz CT molecular complexity index is 370. The third-order valence-electron chi connectivity index (χ3n) is 8.78. The van der Waals surface area contributed by atoms with Crippen LogP contribution in [0.2, 0.25) is 0 Å². The highest BCUT2D eigenvalue weighted by Crippen LogP contribution is 2.61. The largest absolute Gasteiger partial charge is 0.0651 e. The second kappa shape index (κ2) is 5.57. The van der Waals surface area contributed by atoms with Crippen molar-refractivity contribution in [1.29, 1.82) is 0 Å². The number of hydrogen-bond acceptors (Lipinski definition) is 0. The molecule has 4 fully saturated rings. The molecule has 0 amide bonds. The predicted octanol–water partition coefficient (Wildman–Crippen LogP) is 6.16. The molecule has 21 heavy (non-hydrogen) atoms. The van der Waals surface area contributed by atoms with Crippen molar-refractivity contribution in [2.24, 2.45) is 53.3 Å². The van der Waals surface area contributed by atoms with Gasteiger partial charge in [-0.1, -0.05) is 46.5 Å². The molecule has 0 radical (unpaired) electrons.